The van der Waals surface area contributed by atoms with Crippen molar-refractivity contribution in [3.63, 3.8) is 0 Å². The molecule has 1 aromatic carbocycles. The molecule has 25 heavy (non-hydrogen) atoms. The molecule has 0 N–H and O–H groups in total. The van der Waals surface area contributed by atoms with Crippen LogP contribution >= 0.6 is 0 Å². The minimum atomic E-state index is -3.50. The second-order valence-electron chi connectivity index (χ2n) is 6.03. The van der Waals surface area contributed by atoms with E-state index in [1.807, 2.05) is 19.1 Å². The predicted octanol–water partition coefficient (Wildman–Crippen LogP) is 1.62. The molecule has 0 atom stereocenters. The highest BCUT2D eigenvalue weighted by atomic mass is 32.2. The predicted molar refractivity (Wildman–Crippen MR) is 95.3 cm³/mol. The highest BCUT2D eigenvalue weighted by molar-refractivity contribution is 7.89. The summed E-state index contributed by atoms with van der Waals surface area (Å²) in [4.78, 5) is 13.7. The molecule has 0 saturated carbocycles. The van der Waals surface area contributed by atoms with Crippen molar-refractivity contribution in [2.24, 2.45) is 0 Å². The Morgan fingerprint density at radius 1 is 1.12 bits per heavy atom. The van der Waals surface area contributed by atoms with Gasteiger partial charge in [-0.3, -0.25) is 9.48 Å². The van der Waals surface area contributed by atoms with Crippen LogP contribution in [0.2, 0.25) is 0 Å². The van der Waals surface area contributed by atoms with Gasteiger partial charge >= 0.3 is 0 Å². The van der Waals surface area contributed by atoms with Gasteiger partial charge in [0, 0.05) is 50.2 Å². The first-order chi connectivity index (χ1) is 11.9. The number of aromatic nitrogens is 2. The number of hydrogen-bond acceptors (Lipinski definition) is 5. The maximum absolute atomic E-state index is 12.7. The molecule has 1 aliphatic rings. The van der Waals surface area contributed by atoms with Crippen molar-refractivity contribution in [2.45, 2.75) is 25.3 Å². The Labute approximate surface area is 147 Å². The number of hydrogen-bond donors (Lipinski definition) is 0. The molecule has 0 amide bonds. The SMILES string of the molecule is CCn1cc(S(=O)(=O)N2CCN(c3ccc(C(C)=O)cc3)CC2)cn1. The van der Waals surface area contributed by atoms with E-state index in [0.29, 0.717) is 38.3 Å². The van der Waals surface area contributed by atoms with Crippen LogP contribution in [0.5, 0.6) is 0 Å². The average molecular weight is 362 g/mol. The minimum Gasteiger partial charge on any atom is -0.369 e. The van der Waals surface area contributed by atoms with E-state index in [-0.39, 0.29) is 10.7 Å². The highest BCUT2D eigenvalue weighted by Gasteiger charge is 2.29. The molecule has 1 aromatic heterocycles. The van der Waals surface area contributed by atoms with Crippen molar-refractivity contribution in [1.82, 2.24) is 14.1 Å². The van der Waals surface area contributed by atoms with Gasteiger partial charge in [-0.05, 0) is 38.1 Å². The number of Topliss-reactive ketones (excluding diaryl/α,β-unsaturated/α-hetero) is 1. The van der Waals surface area contributed by atoms with E-state index in [1.165, 1.54) is 10.5 Å². The van der Waals surface area contributed by atoms with Crippen LogP contribution in [0.4, 0.5) is 5.69 Å². The summed E-state index contributed by atoms with van der Waals surface area (Å²) >= 11 is 0. The van der Waals surface area contributed by atoms with Crippen LogP contribution < -0.4 is 4.90 Å². The average Bonchev–Trinajstić information content (AvgIpc) is 3.12. The van der Waals surface area contributed by atoms with Gasteiger partial charge in [-0.25, -0.2) is 8.42 Å². The molecule has 7 nitrogen and oxygen atoms in total. The Morgan fingerprint density at radius 3 is 2.28 bits per heavy atom. The minimum absolute atomic E-state index is 0.0371. The van der Waals surface area contributed by atoms with Crippen molar-refractivity contribution in [1.29, 1.82) is 0 Å². The highest BCUT2D eigenvalue weighted by Crippen LogP contribution is 2.21. The molecule has 134 valence electrons. The van der Waals surface area contributed by atoms with Gasteiger partial charge in [0.25, 0.3) is 0 Å². The van der Waals surface area contributed by atoms with Gasteiger partial charge in [0.05, 0.1) is 6.20 Å². The number of piperazine rings is 1. The van der Waals surface area contributed by atoms with Gasteiger partial charge in [0.2, 0.25) is 10.0 Å². The maximum atomic E-state index is 12.7. The first kappa shape index (κ1) is 17.6. The number of sulfonamides is 1. The molecule has 0 bridgehead atoms. The molecule has 3 rings (SSSR count). The summed E-state index contributed by atoms with van der Waals surface area (Å²) in [6.07, 6.45) is 2.98. The molecular weight excluding hydrogens is 340 g/mol. The normalized spacial score (nSPS) is 16.2. The van der Waals surface area contributed by atoms with Crippen molar-refractivity contribution in [3.05, 3.63) is 42.2 Å². The Hall–Kier alpha value is -2.19. The van der Waals surface area contributed by atoms with Crippen molar-refractivity contribution in [3.8, 4) is 0 Å². The summed E-state index contributed by atoms with van der Waals surface area (Å²) in [5.41, 5.74) is 1.68. The fourth-order valence-corrected chi connectivity index (χ4v) is 4.27. The van der Waals surface area contributed by atoms with Crippen LogP contribution in [0.1, 0.15) is 24.2 Å². The standard InChI is InChI=1S/C17H22N4O3S/c1-3-20-13-17(12-18-20)25(23,24)21-10-8-19(9-11-21)16-6-4-15(5-7-16)14(2)22/h4-7,12-13H,3,8-11H2,1-2H3. The molecule has 0 spiro atoms. The smallest absolute Gasteiger partial charge is 0.246 e. The third-order valence-corrected chi connectivity index (χ3v) is 6.30. The van der Waals surface area contributed by atoms with Crippen LogP contribution in [0.15, 0.2) is 41.6 Å². The van der Waals surface area contributed by atoms with Gasteiger partial charge < -0.3 is 4.90 Å². The number of benzene rings is 1. The summed E-state index contributed by atoms with van der Waals surface area (Å²) in [6, 6.07) is 7.43. The topological polar surface area (TPSA) is 75.5 Å². The quantitative estimate of drug-likeness (QED) is 0.756. The number of ketones is 1. The summed E-state index contributed by atoms with van der Waals surface area (Å²) in [7, 11) is -3.50. The number of carbonyl (C=O) groups is 1. The van der Waals surface area contributed by atoms with Gasteiger partial charge in [-0.15, -0.1) is 0 Å². The van der Waals surface area contributed by atoms with Gasteiger partial charge in [-0.2, -0.15) is 9.40 Å². The largest absolute Gasteiger partial charge is 0.369 e. The van der Waals surface area contributed by atoms with E-state index in [2.05, 4.69) is 10.00 Å². The van der Waals surface area contributed by atoms with Crippen LogP contribution in [-0.4, -0.2) is 54.5 Å². The molecule has 2 aromatic rings. The Kier molecular flexibility index (Phi) is 4.91. The summed E-state index contributed by atoms with van der Waals surface area (Å²) in [5, 5.41) is 4.05. The third kappa shape index (κ3) is 3.59. The lowest BCUT2D eigenvalue weighted by molar-refractivity contribution is 0.101. The zero-order valence-electron chi connectivity index (χ0n) is 14.4. The van der Waals surface area contributed by atoms with Crippen molar-refractivity contribution >= 4 is 21.5 Å². The summed E-state index contributed by atoms with van der Waals surface area (Å²) in [6.45, 7) is 6.17. The molecule has 0 unspecified atom stereocenters. The van der Waals surface area contributed by atoms with Gasteiger partial charge in [-0.1, -0.05) is 0 Å². The number of aryl methyl sites for hydroxylation is 1. The van der Waals surface area contributed by atoms with E-state index in [1.54, 1.807) is 29.9 Å². The Morgan fingerprint density at radius 2 is 1.76 bits per heavy atom. The number of carbonyl (C=O) groups excluding carboxylic acids is 1. The lowest BCUT2D eigenvalue weighted by Crippen LogP contribution is -2.48. The summed E-state index contributed by atoms with van der Waals surface area (Å²) < 4.78 is 28.5. The Bertz CT molecular complexity index is 850. The van der Waals surface area contributed by atoms with Gasteiger partial charge in [0.15, 0.2) is 5.78 Å². The molecule has 8 heteroatoms. The lowest BCUT2D eigenvalue weighted by Gasteiger charge is -2.35. The molecule has 2 heterocycles. The molecule has 1 aliphatic heterocycles. The number of rotatable bonds is 5. The maximum Gasteiger partial charge on any atom is 0.246 e. The summed E-state index contributed by atoms with van der Waals surface area (Å²) in [5.74, 6) is 0.0371. The first-order valence-corrected chi connectivity index (χ1v) is 9.74. The molecular formula is C17H22N4O3S. The van der Waals surface area contributed by atoms with Crippen LogP contribution in [0.3, 0.4) is 0 Å². The molecule has 0 aliphatic carbocycles. The van der Waals surface area contributed by atoms with Crippen LogP contribution in [-0.2, 0) is 16.6 Å². The van der Waals surface area contributed by atoms with Crippen LogP contribution in [0.25, 0.3) is 0 Å². The van der Waals surface area contributed by atoms with E-state index in [0.717, 1.165) is 5.69 Å². The lowest BCUT2D eigenvalue weighted by atomic mass is 10.1. The Balaban J connectivity index is 1.67. The zero-order valence-corrected chi connectivity index (χ0v) is 15.2. The fourth-order valence-electron chi connectivity index (χ4n) is 2.89. The molecule has 1 fully saturated rings. The number of anilines is 1. The van der Waals surface area contributed by atoms with E-state index >= 15 is 0 Å². The number of nitrogens with zero attached hydrogens (tertiary/aromatic N) is 4. The fraction of sp³-hybridized carbons (Fsp3) is 0.412. The first-order valence-electron chi connectivity index (χ1n) is 8.30. The second kappa shape index (κ2) is 6.97. The zero-order chi connectivity index (χ0) is 18.0. The monoisotopic (exact) mass is 362 g/mol. The molecule has 1 saturated heterocycles. The van der Waals surface area contributed by atoms with Crippen LogP contribution in [0, 0.1) is 0 Å². The third-order valence-electron chi connectivity index (χ3n) is 4.45. The van der Waals surface area contributed by atoms with Gasteiger partial charge in [0.1, 0.15) is 4.90 Å². The van der Waals surface area contributed by atoms with E-state index < -0.39 is 10.0 Å². The second-order valence-corrected chi connectivity index (χ2v) is 7.96. The van der Waals surface area contributed by atoms with E-state index in [4.69, 9.17) is 0 Å². The van der Waals surface area contributed by atoms with Crippen molar-refractivity contribution in [2.75, 3.05) is 31.1 Å². The molecule has 0 radical (unpaired) electrons. The van der Waals surface area contributed by atoms with E-state index in [9.17, 15) is 13.2 Å². The van der Waals surface area contributed by atoms with Crippen molar-refractivity contribution < 1.29 is 13.2 Å².